The summed E-state index contributed by atoms with van der Waals surface area (Å²) in [6.45, 7) is 6.19. The second-order valence-electron chi connectivity index (χ2n) is 8.35. The van der Waals surface area contributed by atoms with E-state index in [9.17, 15) is 9.18 Å². The Labute approximate surface area is 204 Å². The normalized spacial score (nSPS) is 11.4. The van der Waals surface area contributed by atoms with Crippen molar-refractivity contribution in [2.75, 3.05) is 7.11 Å². The molecule has 0 aliphatic heterocycles. The van der Waals surface area contributed by atoms with Gasteiger partial charge in [-0.05, 0) is 92.1 Å². The number of nitrogens with zero attached hydrogens (tertiary/aromatic N) is 2. The number of halogens is 1. The Kier molecular flexibility index (Phi) is 7.11. The summed E-state index contributed by atoms with van der Waals surface area (Å²) < 4.78 is 20.5. The molecule has 1 aromatic heterocycles. The number of aromatic nitrogens is 1. The highest BCUT2D eigenvalue weighted by Gasteiger charge is 2.17. The largest absolute Gasteiger partial charge is 0.465 e. The molecule has 0 aliphatic carbocycles. The summed E-state index contributed by atoms with van der Waals surface area (Å²) in [6, 6.07) is 23.8. The van der Waals surface area contributed by atoms with Crippen LogP contribution in [0.2, 0.25) is 0 Å². The number of carbonyl (C=O) groups is 1. The molecule has 0 atom stereocenters. The summed E-state index contributed by atoms with van der Waals surface area (Å²) in [5, 5.41) is 4.35. The molecule has 4 aromatic rings. The highest BCUT2D eigenvalue weighted by molar-refractivity contribution is 6.01. The van der Waals surface area contributed by atoms with E-state index in [4.69, 9.17) is 9.57 Å². The summed E-state index contributed by atoms with van der Waals surface area (Å²) in [5.74, 6) is -0.672. The van der Waals surface area contributed by atoms with Gasteiger partial charge in [0.15, 0.2) is 0 Å². The molecule has 0 saturated heterocycles. The van der Waals surface area contributed by atoms with Crippen LogP contribution in [0.3, 0.4) is 0 Å². The van der Waals surface area contributed by atoms with E-state index >= 15 is 0 Å². The van der Waals surface area contributed by atoms with Crippen molar-refractivity contribution < 1.29 is 18.8 Å². The third kappa shape index (κ3) is 5.32. The monoisotopic (exact) mass is 470 g/mol. The molecule has 4 rings (SSSR count). The Morgan fingerprint density at radius 3 is 2.43 bits per heavy atom. The van der Waals surface area contributed by atoms with E-state index in [2.05, 4.69) is 28.8 Å². The molecule has 3 aromatic carbocycles. The van der Waals surface area contributed by atoms with E-state index < -0.39 is 5.97 Å². The Morgan fingerprint density at radius 1 is 0.971 bits per heavy atom. The van der Waals surface area contributed by atoms with Gasteiger partial charge in [-0.15, -0.1) is 0 Å². The van der Waals surface area contributed by atoms with Crippen molar-refractivity contribution in [1.29, 1.82) is 0 Å². The molecule has 6 heteroatoms. The zero-order valence-electron chi connectivity index (χ0n) is 20.2. The number of benzene rings is 3. The lowest BCUT2D eigenvalue weighted by Gasteiger charge is -2.13. The van der Waals surface area contributed by atoms with Gasteiger partial charge in [0, 0.05) is 16.9 Å². The maximum absolute atomic E-state index is 13.6. The quantitative estimate of drug-likeness (QED) is 0.173. The molecule has 0 N–H and O–H groups in total. The molecule has 1 heterocycles. The zero-order valence-corrected chi connectivity index (χ0v) is 20.2. The standard InChI is InChI=1S/C29H27FN2O3/c1-19-7-5-10-26(15-19)32-21(3)27(17-28(32)23-11-13-25(30)14-12-23)20(2)31-35-18-22-8-6-9-24(16-22)29(33)34-4/h5-17H,18H2,1-4H3/b31-20-. The fraction of sp³-hybridized carbons (Fsp3) is 0.172. The van der Waals surface area contributed by atoms with Crippen molar-refractivity contribution in [3.8, 4) is 16.9 Å². The van der Waals surface area contributed by atoms with Crippen LogP contribution >= 0.6 is 0 Å². The maximum Gasteiger partial charge on any atom is 0.337 e. The first-order chi connectivity index (χ1) is 16.9. The highest BCUT2D eigenvalue weighted by Crippen LogP contribution is 2.30. The van der Waals surface area contributed by atoms with E-state index in [1.807, 2.05) is 38.1 Å². The molecule has 0 spiro atoms. The minimum absolute atomic E-state index is 0.213. The van der Waals surface area contributed by atoms with Crippen molar-refractivity contribution in [3.63, 3.8) is 0 Å². The first-order valence-electron chi connectivity index (χ1n) is 11.3. The smallest absolute Gasteiger partial charge is 0.337 e. The average Bonchev–Trinajstić information content (AvgIpc) is 3.21. The maximum atomic E-state index is 13.6. The van der Waals surface area contributed by atoms with Crippen LogP contribution in [0, 0.1) is 19.7 Å². The molecule has 0 radical (unpaired) electrons. The predicted molar refractivity (Wildman–Crippen MR) is 135 cm³/mol. The first kappa shape index (κ1) is 24.0. The van der Waals surface area contributed by atoms with E-state index in [1.54, 1.807) is 30.3 Å². The van der Waals surface area contributed by atoms with Crippen LogP contribution in [0.5, 0.6) is 0 Å². The Balaban J connectivity index is 1.66. The number of oxime groups is 1. The van der Waals surface area contributed by atoms with Gasteiger partial charge in [-0.3, -0.25) is 0 Å². The fourth-order valence-corrected chi connectivity index (χ4v) is 4.06. The molecular weight excluding hydrogens is 443 g/mol. The summed E-state index contributed by atoms with van der Waals surface area (Å²) in [4.78, 5) is 17.4. The van der Waals surface area contributed by atoms with E-state index in [-0.39, 0.29) is 12.4 Å². The Hall–Kier alpha value is -4.19. The average molecular weight is 471 g/mol. The predicted octanol–water partition coefficient (Wildman–Crippen LogP) is 6.63. The van der Waals surface area contributed by atoms with Crippen LogP contribution in [0.1, 0.15) is 39.7 Å². The first-order valence-corrected chi connectivity index (χ1v) is 11.3. The van der Waals surface area contributed by atoms with Crippen molar-refractivity contribution >= 4 is 11.7 Å². The van der Waals surface area contributed by atoms with Gasteiger partial charge in [0.2, 0.25) is 0 Å². The van der Waals surface area contributed by atoms with Crippen molar-refractivity contribution in [3.05, 3.63) is 113 Å². The number of ether oxygens (including phenoxy) is 1. The Morgan fingerprint density at radius 2 is 1.71 bits per heavy atom. The van der Waals surface area contributed by atoms with Crippen molar-refractivity contribution in [2.24, 2.45) is 5.16 Å². The summed E-state index contributed by atoms with van der Waals surface area (Å²) in [7, 11) is 1.35. The lowest BCUT2D eigenvalue weighted by molar-refractivity contribution is 0.0600. The molecule has 178 valence electrons. The van der Waals surface area contributed by atoms with Gasteiger partial charge in [-0.2, -0.15) is 0 Å². The molecule has 5 nitrogen and oxygen atoms in total. The molecule has 0 unspecified atom stereocenters. The van der Waals surface area contributed by atoms with Crippen LogP contribution in [0.15, 0.2) is 84.0 Å². The summed E-state index contributed by atoms with van der Waals surface area (Å²) in [5.41, 5.74) is 7.89. The van der Waals surface area contributed by atoms with Gasteiger partial charge in [0.25, 0.3) is 0 Å². The third-order valence-corrected chi connectivity index (χ3v) is 5.82. The van der Waals surface area contributed by atoms with Crippen LogP contribution in [0.25, 0.3) is 16.9 Å². The van der Waals surface area contributed by atoms with Crippen molar-refractivity contribution in [1.82, 2.24) is 4.57 Å². The Bertz CT molecular complexity index is 1390. The molecule has 0 saturated carbocycles. The number of hydrogen-bond donors (Lipinski definition) is 0. The number of aryl methyl sites for hydroxylation is 1. The number of methoxy groups -OCH3 is 1. The molecule has 0 aliphatic rings. The third-order valence-electron chi connectivity index (χ3n) is 5.82. The second-order valence-corrected chi connectivity index (χ2v) is 8.35. The molecule has 35 heavy (non-hydrogen) atoms. The molecule has 0 bridgehead atoms. The van der Waals surface area contributed by atoms with Gasteiger partial charge in [0.05, 0.1) is 24.1 Å². The van der Waals surface area contributed by atoms with E-state index in [1.165, 1.54) is 19.2 Å². The number of esters is 1. The lowest BCUT2D eigenvalue weighted by atomic mass is 10.1. The minimum Gasteiger partial charge on any atom is -0.465 e. The number of carbonyl (C=O) groups excluding carboxylic acids is 1. The zero-order chi connectivity index (χ0) is 24.9. The minimum atomic E-state index is -0.395. The number of hydrogen-bond acceptors (Lipinski definition) is 4. The summed E-state index contributed by atoms with van der Waals surface area (Å²) in [6.07, 6.45) is 0. The summed E-state index contributed by atoms with van der Waals surface area (Å²) >= 11 is 0. The lowest BCUT2D eigenvalue weighted by Crippen LogP contribution is -2.03. The van der Waals surface area contributed by atoms with Gasteiger partial charge >= 0.3 is 5.97 Å². The van der Waals surface area contributed by atoms with Gasteiger partial charge in [0.1, 0.15) is 12.4 Å². The fourth-order valence-electron chi connectivity index (χ4n) is 4.06. The van der Waals surface area contributed by atoms with E-state index in [0.29, 0.717) is 11.3 Å². The molecular formula is C29H27FN2O3. The molecule has 0 fully saturated rings. The van der Waals surface area contributed by atoms with E-state index in [0.717, 1.165) is 39.3 Å². The van der Waals surface area contributed by atoms with Crippen LogP contribution in [-0.4, -0.2) is 23.4 Å². The van der Waals surface area contributed by atoms with Crippen LogP contribution < -0.4 is 0 Å². The molecule has 0 amide bonds. The van der Waals surface area contributed by atoms with Crippen LogP contribution in [0.4, 0.5) is 4.39 Å². The van der Waals surface area contributed by atoms with Crippen LogP contribution in [-0.2, 0) is 16.2 Å². The van der Waals surface area contributed by atoms with Crippen molar-refractivity contribution in [2.45, 2.75) is 27.4 Å². The highest BCUT2D eigenvalue weighted by atomic mass is 19.1. The SMILES string of the molecule is COC(=O)c1cccc(CO/N=C(/C)c2cc(-c3ccc(F)cc3)n(-c3cccc(C)c3)c2C)c1. The van der Waals surface area contributed by atoms with Gasteiger partial charge in [-0.25, -0.2) is 9.18 Å². The topological polar surface area (TPSA) is 52.8 Å². The van der Waals surface area contributed by atoms with Gasteiger partial charge in [-0.1, -0.05) is 29.4 Å². The number of rotatable bonds is 7. The van der Waals surface area contributed by atoms with Gasteiger partial charge < -0.3 is 14.1 Å². The second kappa shape index (κ2) is 10.4.